The SMILES string of the molecule is CC1CCCCN1C(=O)NC1(CC(=O)O)CCCCC1. The maximum atomic E-state index is 12.5. The number of carboxylic acid groups (broad SMARTS) is 1. The first-order valence-electron chi connectivity index (χ1n) is 7.83. The van der Waals surface area contributed by atoms with Gasteiger partial charge >= 0.3 is 12.0 Å². The Kier molecular flexibility index (Phi) is 4.89. The number of aliphatic carboxylic acids is 1. The molecule has 0 spiro atoms. The van der Waals surface area contributed by atoms with Crippen molar-refractivity contribution in [3.8, 4) is 0 Å². The molecule has 0 aromatic rings. The zero-order valence-electron chi connectivity index (χ0n) is 12.4. The minimum Gasteiger partial charge on any atom is -0.481 e. The van der Waals surface area contributed by atoms with Crippen molar-refractivity contribution in [3.63, 3.8) is 0 Å². The quantitative estimate of drug-likeness (QED) is 0.836. The van der Waals surface area contributed by atoms with Gasteiger partial charge in [0, 0.05) is 12.6 Å². The topological polar surface area (TPSA) is 69.6 Å². The molecule has 0 aromatic carbocycles. The molecule has 1 saturated carbocycles. The van der Waals surface area contributed by atoms with Crippen molar-refractivity contribution in [2.75, 3.05) is 6.54 Å². The van der Waals surface area contributed by atoms with Gasteiger partial charge in [0.2, 0.25) is 0 Å². The lowest BCUT2D eigenvalue weighted by Gasteiger charge is -2.41. The fraction of sp³-hybridized carbons (Fsp3) is 0.867. The average molecular weight is 282 g/mol. The molecule has 2 aliphatic rings. The van der Waals surface area contributed by atoms with E-state index in [1.165, 1.54) is 6.42 Å². The highest BCUT2D eigenvalue weighted by molar-refractivity contribution is 5.77. The number of nitrogens with one attached hydrogen (secondary N) is 1. The first-order valence-corrected chi connectivity index (χ1v) is 7.83. The molecule has 1 saturated heterocycles. The maximum absolute atomic E-state index is 12.5. The number of likely N-dealkylation sites (tertiary alicyclic amines) is 1. The van der Waals surface area contributed by atoms with E-state index < -0.39 is 11.5 Å². The van der Waals surface area contributed by atoms with E-state index in [9.17, 15) is 9.59 Å². The predicted octanol–water partition coefficient (Wildman–Crippen LogP) is 2.75. The van der Waals surface area contributed by atoms with Crippen LogP contribution in [0.5, 0.6) is 0 Å². The number of rotatable bonds is 3. The lowest BCUT2D eigenvalue weighted by Crippen LogP contribution is -2.57. The number of hydrogen-bond donors (Lipinski definition) is 2. The molecule has 2 fully saturated rings. The Hall–Kier alpha value is -1.26. The molecule has 0 radical (unpaired) electrons. The van der Waals surface area contributed by atoms with Gasteiger partial charge in [-0.1, -0.05) is 19.3 Å². The van der Waals surface area contributed by atoms with Crippen molar-refractivity contribution in [2.24, 2.45) is 0 Å². The molecule has 2 amide bonds. The molecule has 1 atom stereocenters. The highest BCUT2D eigenvalue weighted by Gasteiger charge is 2.37. The summed E-state index contributed by atoms with van der Waals surface area (Å²) in [5, 5.41) is 12.2. The Morgan fingerprint density at radius 3 is 2.50 bits per heavy atom. The summed E-state index contributed by atoms with van der Waals surface area (Å²) in [6, 6.07) is 0.189. The molecule has 2 rings (SSSR count). The summed E-state index contributed by atoms with van der Waals surface area (Å²) >= 11 is 0. The van der Waals surface area contributed by atoms with Gasteiger partial charge < -0.3 is 15.3 Å². The number of carbonyl (C=O) groups excluding carboxylic acids is 1. The number of carboxylic acids is 1. The number of amides is 2. The van der Waals surface area contributed by atoms with Crippen molar-refractivity contribution in [3.05, 3.63) is 0 Å². The van der Waals surface area contributed by atoms with Gasteiger partial charge in [-0.05, 0) is 39.0 Å². The Bertz CT molecular complexity index is 364. The van der Waals surface area contributed by atoms with Gasteiger partial charge in [-0.3, -0.25) is 4.79 Å². The Morgan fingerprint density at radius 1 is 1.20 bits per heavy atom. The fourth-order valence-corrected chi connectivity index (χ4v) is 3.56. The molecule has 0 aromatic heterocycles. The molecule has 2 N–H and O–H groups in total. The molecule has 1 aliphatic carbocycles. The van der Waals surface area contributed by atoms with Crippen molar-refractivity contribution >= 4 is 12.0 Å². The van der Waals surface area contributed by atoms with Crippen LogP contribution in [0.3, 0.4) is 0 Å². The van der Waals surface area contributed by atoms with Gasteiger partial charge in [0.05, 0.1) is 12.0 Å². The molecule has 1 unspecified atom stereocenters. The summed E-state index contributed by atoms with van der Waals surface area (Å²) in [7, 11) is 0. The van der Waals surface area contributed by atoms with E-state index in [4.69, 9.17) is 5.11 Å². The summed E-state index contributed by atoms with van der Waals surface area (Å²) in [5.74, 6) is -0.820. The second kappa shape index (κ2) is 6.46. The Balaban J connectivity index is 2.02. The van der Waals surface area contributed by atoms with Crippen LogP contribution in [0.4, 0.5) is 4.79 Å². The van der Waals surface area contributed by atoms with Crippen molar-refractivity contribution in [1.29, 1.82) is 0 Å². The Labute approximate surface area is 120 Å². The summed E-state index contributed by atoms with van der Waals surface area (Å²) < 4.78 is 0. The van der Waals surface area contributed by atoms with Crippen LogP contribution in [0.2, 0.25) is 0 Å². The number of hydrogen-bond acceptors (Lipinski definition) is 2. The van der Waals surface area contributed by atoms with Crippen LogP contribution in [-0.4, -0.2) is 40.1 Å². The second-order valence-electron chi connectivity index (χ2n) is 6.38. The van der Waals surface area contributed by atoms with E-state index in [0.717, 1.165) is 51.5 Å². The highest BCUT2D eigenvalue weighted by atomic mass is 16.4. The number of piperidine rings is 1. The summed E-state index contributed by atoms with van der Waals surface area (Å²) in [5.41, 5.74) is -0.529. The standard InChI is InChI=1S/C15H26N2O3/c1-12-7-3-6-10-17(12)14(20)16-15(11-13(18)19)8-4-2-5-9-15/h12H,2-11H2,1H3,(H,16,20)(H,18,19). The van der Waals surface area contributed by atoms with Gasteiger partial charge in [-0.25, -0.2) is 4.79 Å². The summed E-state index contributed by atoms with van der Waals surface area (Å²) in [4.78, 5) is 25.5. The van der Waals surface area contributed by atoms with Gasteiger partial charge in [0.1, 0.15) is 0 Å². The largest absolute Gasteiger partial charge is 0.481 e. The van der Waals surface area contributed by atoms with Crippen LogP contribution in [0.15, 0.2) is 0 Å². The summed E-state index contributed by atoms with van der Waals surface area (Å²) in [6.07, 6.45) is 8.01. The number of urea groups is 1. The molecule has 20 heavy (non-hydrogen) atoms. The molecule has 1 aliphatic heterocycles. The number of nitrogens with zero attached hydrogens (tertiary/aromatic N) is 1. The third-order valence-electron chi connectivity index (χ3n) is 4.74. The first-order chi connectivity index (χ1) is 9.52. The smallest absolute Gasteiger partial charge is 0.318 e. The molecule has 114 valence electrons. The van der Waals surface area contributed by atoms with Gasteiger partial charge in [-0.2, -0.15) is 0 Å². The lowest BCUT2D eigenvalue weighted by molar-refractivity contribution is -0.139. The van der Waals surface area contributed by atoms with Crippen molar-refractivity contribution in [2.45, 2.75) is 76.3 Å². The van der Waals surface area contributed by atoms with E-state index in [0.29, 0.717) is 0 Å². The maximum Gasteiger partial charge on any atom is 0.318 e. The van der Waals surface area contributed by atoms with Gasteiger partial charge in [0.25, 0.3) is 0 Å². The van der Waals surface area contributed by atoms with E-state index in [1.807, 2.05) is 4.90 Å². The molecular formula is C15H26N2O3. The van der Waals surface area contributed by atoms with Crippen molar-refractivity contribution in [1.82, 2.24) is 10.2 Å². The normalized spacial score (nSPS) is 26.1. The molecular weight excluding hydrogens is 256 g/mol. The van der Waals surface area contributed by atoms with Crippen LogP contribution >= 0.6 is 0 Å². The average Bonchev–Trinajstić information content (AvgIpc) is 2.39. The predicted molar refractivity (Wildman–Crippen MR) is 76.6 cm³/mol. The van der Waals surface area contributed by atoms with Crippen LogP contribution in [-0.2, 0) is 4.79 Å². The van der Waals surface area contributed by atoms with Gasteiger partial charge in [-0.15, -0.1) is 0 Å². The highest BCUT2D eigenvalue weighted by Crippen LogP contribution is 2.31. The lowest BCUT2D eigenvalue weighted by atomic mass is 9.79. The third kappa shape index (κ3) is 3.64. The zero-order chi connectivity index (χ0) is 14.6. The summed E-state index contributed by atoms with van der Waals surface area (Å²) in [6.45, 7) is 2.86. The monoisotopic (exact) mass is 282 g/mol. The van der Waals surface area contributed by atoms with Crippen molar-refractivity contribution < 1.29 is 14.7 Å². The molecule has 0 bridgehead atoms. The zero-order valence-corrected chi connectivity index (χ0v) is 12.4. The van der Waals surface area contributed by atoms with Crippen LogP contribution in [0, 0.1) is 0 Å². The minimum atomic E-state index is -0.820. The van der Waals surface area contributed by atoms with E-state index in [1.54, 1.807) is 0 Å². The van der Waals surface area contributed by atoms with E-state index in [-0.39, 0.29) is 18.5 Å². The van der Waals surface area contributed by atoms with Crippen LogP contribution in [0.1, 0.15) is 64.7 Å². The fourth-order valence-electron chi connectivity index (χ4n) is 3.56. The third-order valence-corrected chi connectivity index (χ3v) is 4.74. The van der Waals surface area contributed by atoms with E-state index >= 15 is 0 Å². The first kappa shape index (κ1) is 15.1. The molecule has 5 heteroatoms. The molecule has 5 nitrogen and oxygen atoms in total. The van der Waals surface area contributed by atoms with Crippen LogP contribution in [0.25, 0.3) is 0 Å². The van der Waals surface area contributed by atoms with Crippen LogP contribution < -0.4 is 5.32 Å². The number of carbonyl (C=O) groups is 2. The molecule has 1 heterocycles. The second-order valence-corrected chi connectivity index (χ2v) is 6.38. The Morgan fingerprint density at radius 2 is 1.90 bits per heavy atom. The minimum absolute atomic E-state index is 0.0426. The van der Waals surface area contributed by atoms with Gasteiger partial charge in [0.15, 0.2) is 0 Å². The van der Waals surface area contributed by atoms with E-state index in [2.05, 4.69) is 12.2 Å².